The van der Waals surface area contributed by atoms with Crippen molar-refractivity contribution in [2.75, 3.05) is 7.05 Å². The molecule has 20 heavy (non-hydrogen) atoms. The number of nitrogens with one attached hydrogen (secondary N) is 1. The lowest BCUT2D eigenvalue weighted by atomic mass is 9.81. The van der Waals surface area contributed by atoms with Crippen LogP contribution < -0.4 is 5.32 Å². The van der Waals surface area contributed by atoms with Crippen LogP contribution in [0.25, 0.3) is 0 Å². The van der Waals surface area contributed by atoms with Crippen LogP contribution in [0.4, 0.5) is 0 Å². The van der Waals surface area contributed by atoms with Crippen molar-refractivity contribution in [1.29, 1.82) is 0 Å². The Balaban J connectivity index is 3.31. The Kier molecular flexibility index (Phi) is 6.26. The van der Waals surface area contributed by atoms with Crippen molar-refractivity contribution >= 4 is 0 Å². The van der Waals surface area contributed by atoms with Gasteiger partial charge in [-0.3, -0.25) is 0 Å². The summed E-state index contributed by atoms with van der Waals surface area (Å²) in [5.74, 6) is 0. The van der Waals surface area contributed by atoms with Gasteiger partial charge in [0.2, 0.25) is 0 Å². The van der Waals surface area contributed by atoms with E-state index in [2.05, 4.69) is 66.0 Å². The zero-order valence-electron chi connectivity index (χ0n) is 14.6. The summed E-state index contributed by atoms with van der Waals surface area (Å²) in [6, 6.07) is 5.30. The van der Waals surface area contributed by atoms with Gasteiger partial charge in [-0.25, -0.2) is 0 Å². The first kappa shape index (κ1) is 17.2. The second-order valence-electron chi connectivity index (χ2n) is 6.99. The summed E-state index contributed by atoms with van der Waals surface area (Å²) in [5.41, 5.74) is 6.44. The molecule has 1 N–H and O–H groups in total. The number of benzene rings is 1. The standard InChI is InChI=1S/C19H33N/c1-8-14-11-15(9-2)18(16(10-3)12-14)17(20-7)13-19(4,5)6/h11-12,17,20H,8-10,13H2,1-7H3. The van der Waals surface area contributed by atoms with E-state index in [9.17, 15) is 0 Å². The molecule has 0 spiro atoms. The number of hydrogen-bond acceptors (Lipinski definition) is 1. The maximum atomic E-state index is 3.56. The first-order valence-corrected chi connectivity index (χ1v) is 8.18. The molecular weight excluding hydrogens is 242 g/mol. The molecule has 1 rings (SSSR count). The van der Waals surface area contributed by atoms with Crippen LogP contribution >= 0.6 is 0 Å². The highest BCUT2D eigenvalue weighted by molar-refractivity contribution is 5.42. The fourth-order valence-electron chi connectivity index (χ4n) is 3.05. The van der Waals surface area contributed by atoms with Crippen LogP contribution in [-0.4, -0.2) is 7.05 Å². The average molecular weight is 275 g/mol. The van der Waals surface area contributed by atoms with E-state index in [-0.39, 0.29) is 0 Å². The fraction of sp³-hybridized carbons (Fsp3) is 0.684. The Morgan fingerprint density at radius 1 is 0.950 bits per heavy atom. The van der Waals surface area contributed by atoms with Crippen LogP contribution in [0.1, 0.15) is 76.3 Å². The predicted octanol–water partition coefficient (Wildman–Crippen LogP) is 5.07. The highest BCUT2D eigenvalue weighted by atomic mass is 14.9. The Morgan fingerprint density at radius 3 is 1.75 bits per heavy atom. The molecule has 1 atom stereocenters. The van der Waals surface area contributed by atoms with E-state index in [0.29, 0.717) is 11.5 Å². The molecule has 1 aromatic carbocycles. The van der Waals surface area contributed by atoms with E-state index in [1.807, 2.05) is 0 Å². The topological polar surface area (TPSA) is 12.0 Å². The molecule has 0 amide bonds. The van der Waals surface area contributed by atoms with E-state index < -0.39 is 0 Å². The molecule has 1 heteroatoms. The van der Waals surface area contributed by atoms with E-state index in [1.165, 1.54) is 23.1 Å². The SMILES string of the molecule is CCc1cc(CC)c(C(CC(C)(C)C)NC)c(CC)c1. The summed E-state index contributed by atoms with van der Waals surface area (Å²) < 4.78 is 0. The molecule has 0 saturated heterocycles. The lowest BCUT2D eigenvalue weighted by molar-refractivity contribution is 0.319. The maximum Gasteiger partial charge on any atom is 0.0327 e. The highest BCUT2D eigenvalue weighted by Gasteiger charge is 2.23. The lowest BCUT2D eigenvalue weighted by Gasteiger charge is -2.29. The highest BCUT2D eigenvalue weighted by Crippen LogP contribution is 2.34. The molecule has 0 aromatic heterocycles. The minimum Gasteiger partial charge on any atom is -0.313 e. The van der Waals surface area contributed by atoms with Crippen molar-refractivity contribution in [1.82, 2.24) is 5.32 Å². The smallest absolute Gasteiger partial charge is 0.0327 e. The number of rotatable bonds is 6. The van der Waals surface area contributed by atoms with Crippen molar-refractivity contribution in [3.63, 3.8) is 0 Å². The summed E-state index contributed by atoms with van der Waals surface area (Å²) in [6.45, 7) is 13.8. The summed E-state index contributed by atoms with van der Waals surface area (Å²) >= 11 is 0. The van der Waals surface area contributed by atoms with Crippen LogP contribution in [0.3, 0.4) is 0 Å². The molecule has 0 radical (unpaired) electrons. The molecule has 114 valence electrons. The lowest BCUT2D eigenvalue weighted by Crippen LogP contribution is -2.25. The largest absolute Gasteiger partial charge is 0.313 e. The van der Waals surface area contributed by atoms with Crippen molar-refractivity contribution in [2.45, 2.75) is 73.3 Å². The molecule has 0 fully saturated rings. The van der Waals surface area contributed by atoms with Crippen molar-refractivity contribution < 1.29 is 0 Å². The molecule has 1 unspecified atom stereocenters. The minimum atomic E-state index is 0.340. The molecule has 0 saturated carbocycles. The third kappa shape index (κ3) is 4.34. The number of aryl methyl sites for hydroxylation is 3. The molecule has 0 aliphatic rings. The van der Waals surface area contributed by atoms with E-state index in [0.717, 1.165) is 19.3 Å². The Bertz CT molecular complexity index is 401. The van der Waals surface area contributed by atoms with Gasteiger partial charge in [0.05, 0.1) is 0 Å². The van der Waals surface area contributed by atoms with Crippen molar-refractivity contribution in [3.05, 3.63) is 34.4 Å². The van der Waals surface area contributed by atoms with Gasteiger partial charge >= 0.3 is 0 Å². The van der Waals surface area contributed by atoms with Crippen LogP contribution in [0.2, 0.25) is 0 Å². The van der Waals surface area contributed by atoms with E-state index in [4.69, 9.17) is 0 Å². The van der Waals surface area contributed by atoms with Crippen molar-refractivity contribution in [2.24, 2.45) is 5.41 Å². The molecule has 1 aromatic rings. The van der Waals surface area contributed by atoms with Gasteiger partial charge in [0.15, 0.2) is 0 Å². The normalized spacial score (nSPS) is 13.6. The van der Waals surface area contributed by atoms with Crippen molar-refractivity contribution in [3.8, 4) is 0 Å². The molecule has 0 aliphatic heterocycles. The molecule has 1 nitrogen and oxygen atoms in total. The van der Waals surface area contributed by atoms with E-state index in [1.54, 1.807) is 5.56 Å². The molecule has 0 bridgehead atoms. The van der Waals surface area contributed by atoms with Gasteiger partial charge in [-0.15, -0.1) is 0 Å². The summed E-state index contributed by atoms with van der Waals surface area (Å²) in [6.07, 6.45) is 4.55. The van der Waals surface area contributed by atoms with Gasteiger partial charge in [0.1, 0.15) is 0 Å². The van der Waals surface area contributed by atoms with E-state index >= 15 is 0 Å². The zero-order valence-corrected chi connectivity index (χ0v) is 14.6. The summed E-state index contributed by atoms with van der Waals surface area (Å²) in [5, 5.41) is 3.56. The fourth-order valence-corrected chi connectivity index (χ4v) is 3.05. The Hall–Kier alpha value is -0.820. The first-order valence-electron chi connectivity index (χ1n) is 8.18. The zero-order chi connectivity index (χ0) is 15.3. The van der Waals surface area contributed by atoms with Gasteiger partial charge in [-0.2, -0.15) is 0 Å². The predicted molar refractivity (Wildman–Crippen MR) is 90.4 cm³/mol. The monoisotopic (exact) mass is 275 g/mol. The minimum absolute atomic E-state index is 0.340. The van der Waals surface area contributed by atoms with Gasteiger partial charge in [0, 0.05) is 6.04 Å². The molecule has 0 heterocycles. The van der Waals surface area contributed by atoms with Gasteiger partial charge in [-0.05, 0) is 60.4 Å². The number of hydrogen-bond donors (Lipinski definition) is 1. The molecular formula is C19H33N. The second kappa shape index (κ2) is 7.26. The summed E-state index contributed by atoms with van der Waals surface area (Å²) in [4.78, 5) is 0. The van der Waals surface area contributed by atoms with Gasteiger partial charge in [0.25, 0.3) is 0 Å². The van der Waals surface area contributed by atoms with Crippen LogP contribution in [-0.2, 0) is 19.3 Å². The van der Waals surface area contributed by atoms with Gasteiger partial charge < -0.3 is 5.32 Å². The third-order valence-corrected chi connectivity index (χ3v) is 4.09. The Labute approximate surface area is 126 Å². The maximum absolute atomic E-state index is 3.56. The second-order valence-corrected chi connectivity index (χ2v) is 6.99. The van der Waals surface area contributed by atoms with Gasteiger partial charge in [-0.1, -0.05) is 53.7 Å². The first-order chi connectivity index (χ1) is 9.36. The molecule has 0 aliphatic carbocycles. The Morgan fingerprint density at radius 2 is 1.45 bits per heavy atom. The quantitative estimate of drug-likeness (QED) is 0.764. The van der Waals surface area contributed by atoms with Crippen LogP contribution in [0.5, 0.6) is 0 Å². The van der Waals surface area contributed by atoms with Crippen LogP contribution in [0, 0.1) is 5.41 Å². The summed E-state index contributed by atoms with van der Waals surface area (Å²) in [7, 11) is 2.10. The average Bonchev–Trinajstić information content (AvgIpc) is 2.42. The third-order valence-electron chi connectivity index (χ3n) is 4.09. The van der Waals surface area contributed by atoms with Crippen LogP contribution in [0.15, 0.2) is 12.1 Å².